The van der Waals surface area contributed by atoms with Crippen molar-refractivity contribution in [3.05, 3.63) is 35.4 Å². The van der Waals surface area contributed by atoms with Crippen LogP contribution in [0.1, 0.15) is 44.7 Å². The van der Waals surface area contributed by atoms with Crippen LogP contribution in [-0.2, 0) is 12.8 Å². The van der Waals surface area contributed by atoms with Gasteiger partial charge in [-0.25, -0.2) is 0 Å². The number of hydrogen-bond donors (Lipinski definition) is 1. The lowest BCUT2D eigenvalue weighted by Crippen LogP contribution is -2.49. The third-order valence-electron chi connectivity index (χ3n) is 5.31. The van der Waals surface area contributed by atoms with Crippen LogP contribution in [0.5, 0.6) is 0 Å². The van der Waals surface area contributed by atoms with E-state index >= 15 is 0 Å². The molecule has 2 unspecified atom stereocenters. The predicted molar refractivity (Wildman–Crippen MR) is 89.7 cm³/mol. The summed E-state index contributed by atoms with van der Waals surface area (Å²) in [4.78, 5) is 2.77. The molecule has 2 nitrogen and oxygen atoms in total. The fourth-order valence-corrected chi connectivity index (χ4v) is 3.85. The summed E-state index contributed by atoms with van der Waals surface area (Å²) in [7, 11) is 0. The normalized spacial score (nSPS) is 28.0. The molecule has 0 aromatic heterocycles. The molecule has 116 valence electrons. The Balaban J connectivity index is 1.71. The first-order valence-electron chi connectivity index (χ1n) is 8.58. The summed E-state index contributed by atoms with van der Waals surface area (Å²) in [6.07, 6.45) is 5.11. The molecule has 0 spiro atoms. The summed E-state index contributed by atoms with van der Waals surface area (Å²) >= 11 is 0. The predicted octanol–water partition coefficient (Wildman–Crippen LogP) is 3.25. The van der Waals surface area contributed by atoms with E-state index < -0.39 is 0 Å². The number of nitrogens with zero attached hydrogens (tertiary/aromatic N) is 1. The standard InChI is InChI=1S/C19H30N2/c1-19(2,3)18-14-21(12-6-11-20-18)17-10-9-15-7-4-5-8-16(15)13-17/h4-5,7-8,17-18,20H,6,9-14H2,1-3H3. The van der Waals surface area contributed by atoms with Gasteiger partial charge in [0.05, 0.1) is 0 Å². The van der Waals surface area contributed by atoms with Crippen LogP contribution in [0.4, 0.5) is 0 Å². The van der Waals surface area contributed by atoms with Crippen molar-refractivity contribution in [2.75, 3.05) is 19.6 Å². The zero-order valence-corrected chi connectivity index (χ0v) is 13.9. The van der Waals surface area contributed by atoms with Crippen LogP contribution in [0, 0.1) is 5.41 Å². The number of aryl methyl sites for hydroxylation is 1. The molecule has 1 saturated heterocycles. The number of benzene rings is 1. The molecular weight excluding hydrogens is 256 g/mol. The third-order valence-corrected chi connectivity index (χ3v) is 5.31. The molecule has 3 rings (SSSR count). The Bertz CT molecular complexity index is 475. The average molecular weight is 286 g/mol. The molecule has 2 aliphatic rings. The molecule has 1 aromatic rings. The van der Waals surface area contributed by atoms with Gasteiger partial charge in [0.25, 0.3) is 0 Å². The maximum absolute atomic E-state index is 3.77. The molecule has 21 heavy (non-hydrogen) atoms. The van der Waals surface area contributed by atoms with Gasteiger partial charge in [0, 0.05) is 18.6 Å². The van der Waals surface area contributed by atoms with Crippen molar-refractivity contribution in [2.24, 2.45) is 5.41 Å². The van der Waals surface area contributed by atoms with Crippen LogP contribution < -0.4 is 5.32 Å². The van der Waals surface area contributed by atoms with Crippen LogP contribution in [0.2, 0.25) is 0 Å². The fraction of sp³-hybridized carbons (Fsp3) is 0.684. The van der Waals surface area contributed by atoms with E-state index in [9.17, 15) is 0 Å². The molecule has 1 aliphatic carbocycles. The van der Waals surface area contributed by atoms with Crippen LogP contribution >= 0.6 is 0 Å². The van der Waals surface area contributed by atoms with Gasteiger partial charge >= 0.3 is 0 Å². The van der Waals surface area contributed by atoms with E-state index in [0.717, 1.165) is 6.04 Å². The minimum atomic E-state index is 0.342. The van der Waals surface area contributed by atoms with Gasteiger partial charge in [-0.2, -0.15) is 0 Å². The van der Waals surface area contributed by atoms with E-state index in [1.165, 1.54) is 45.3 Å². The van der Waals surface area contributed by atoms with Gasteiger partial charge < -0.3 is 5.32 Å². The second-order valence-electron chi connectivity index (χ2n) is 7.89. The maximum Gasteiger partial charge on any atom is 0.0243 e. The highest BCUT2D eigenvalue weighted by Crippen LogP contribution is 2.28. The van der Waals surface area contributed by atoms with E-state index in [-0.39, 0.29) is 0 Å². The average Bonchev–Trinajstić information content (AvgIpc) is 2.72. The minimum Gasteiger partial charge on any atom is -0.312 e. The molecule has 1 heterocycles. The largest absolute Gasteiger partial charge is 0.312 e. The SMILES string of the molecule is CC(C)(C)C1CN(C2CCc3ccccc3C2)CCCN1. The highest BCUT2D eigenvalue weighted by atomic mass is 15.2. The lowest BCUT2D eigenvalue weighted by atomic mass is 9.84. The first-order valence-corrected chi connectivity index (χ1v) is 8.58. The minimum absolute atomic E-state index is 0.342. The Labute approximate surface area is 129 Å². The molecule has 1 aliphatic heterocycles. The summed E-state index contributed by atoms with van der Waals surface area (Å²) < 4.78 is 0. The van der Waals surface area contributed by atoms with Gasteiger partial charge in [-0.3, -0.25) is 4.90 Å². The molecule has 0 amide bonds. The third kappa shape index (κ3) is 3.49. The molecule has 1 fully saturated rings. The van der Waals surface area contributed by atoms with E-state index in [0.29, 0.717) is 11.5 Å². The highest BCUT2D eigenvalue weighted by Gasteiger charge is 2.32. The van der Waals surface area contributed by atoms with Crippen molar-refractivity contribution in [3.63, 3.8) is 0 Å². The van der Waals surface area contributed by atoms with Gasteiger partial charge in [0.1, 0.15) is 0 Å². The van der Waals surface area contributed by atoms with E-state index in [4.69, 9.17) is 0 Å². The first-order chi connectivity index (χ1) is 10.0. The van der Waals surface area contributed by atoms with Crippen molar-refractivity contribution >= 4 is 0 Å². The van der Waals surface area contributed by atoms with Gasteiger partial charge in [0.2, 0.25) is 0 Å². The van der Waals surface area contributed by atoms with Crippen molar-refractivity contribution < 1.29 is 0 Å². The molecule has 1 N–H and O–H groups in total. The number of fused-ring (bicyclic) bond motifs is 1. The summed E-state index contributed by atoms with van der Waals surface area (Å²) in [6.45, 7) is 10.7. The molecule has 0 bridgehead atoms. The second kappa shape index (κ2) is 6.10. The molecular formula is C19H30N2. The summed E-state index contributed by atoms with van der Waals surface area (Å²) in [5.41, 5.74) is 3.50. The molecule has 2 atom stereocenters. The van der Waals surface area contributed by atoms with Crippen molar-refractivity contribution in [3.8, 4) is 0 Å². The molecule has 0 saturated carbocycles. The first kappa shape index (κ1) is 15.1. The van der Waals surface area contributed by atoms with Crippen molar-refractivity contribution in [1.82, 2.24) is 10.2 Å². The maximum atomic E-state index is 3.77. The highest BCUT2D eigenvalue weighted by molar-refractivity contribution is 5.30. The summed E-state index contributed by atoms with van der Waals surface area (Å²) in [5.74, 6) is 0. The Hall–Kier alpha value is -0.860. The zero-order chi connectivity index (χ0) is 14.9. The van der Waals surface area contributed by atoms with E-state index in [1.54, 1.807) is 11.1 Å². The Morgan fingerprint density at radius 2 is 1.90 bits per heavy atom. The van der Waals surface area contributed by atoms with Crippen LogP contribution in [0.3, 0.4) is 0 Å². The number of nitrogens with one attached hydrogen (secondary N) is 1. The lowest BCUT2D eigenvalue weighted by molar-refractivity contribution is 0.143. The van der Waals surface area contributed by atoms with Gasteiger partial charge in [0.15, 0.2) is 0 Å². The molecule has 2 heteroatoms. The van der Waals surface area contributed by atoms with Gasteiger partial charge in [-0.15, -0.1) is 0 Å². The molecule has 1 aromatic carbocycles. The van der Waals surface area contributed by atoms with Gasteiger partial charge in [-0.1, -0.05) is 45.0 Å². The summed E-state index contributed by atoms with van der Waals surface area (Å²) in [5, 5.41) is 3.77. The van der Waals surface area contributed by atoms with E-state index in [1.807, 2.05) is 0 Å². The topological polar surface area (TPSA) is 15.3 Å². The van der Waals surface area contributed by atoms with Crippen molar-refractivity contribution in [1.29, 1.82) is 0 Å². The van der Waals surface area contributed by atoms with Crippen LogP contribution in [-0.4, -0.2) is 36.6 Å². The summed E-state index contributed by atoms with van der Waals surface area (Å²) in [6, 6.07) is 10.4. The fourth-order valence-electron chi connectivity index (χ4n) is 3.85. The van der Waals surface area contributed by atoms with Gasteiger partial charge in [-0.05, 0) is 55.3 Å². The smallest absolute Gasteiger partial charge is 0.0243 e. The van der Waals surface area contributed by atoms with Crippen LogP contribution in [0.25, 0.3) is 0 Å². The Morgan fingerprint density at radius 1 is 1.14 bits per heavy atom. The molecule has 0 radical (unpaired) electrons. The quantitative estimate of drug-likeness (QED) is 0.852. The monoisotopic (exact) mass is 286 g/mol. The van der Waals surface area contributed by atoms with Crippen molar-refractivity contribution in [2.45, 2.75) is 58.5 Å². The van der Waals surface area contributed by atoms with E-state index in [2.05, 4.69) is 55.3 Å². The zero-order valence-electron chi connectivity index (χ0n) is 13.9. The Kier molecular flexibility index (Phi) is 4.37. The Morgan fingerprint density at radius 3 is 2.67 bits per heavy atom. The number of hydrogen-bond acceptors (Lipinski definition) is 2. The second-order valence-corrected chi connectivity index (χ2v) is 7.89. The van der Waals surface area contributed by atoms with Crippen LogP contribution in [0.15, 0.2) is 24.3 Å². The number of rotatable bonds is 1. The lowest BCUT2D eigenvalue weighted by Gasteiger charge is -2.39.